The SMILES string of the molecule is Cc1cccc(NC(=O)c2ccc(C(=O)O)c3c(C=O)ccc(C(=O)O)c23)c1. The Hall–Kier alpha value is -4.00. The Morgan fingerprint density at radius 1 is 0.857 bits per heavy atom. The van der Waals surface area contributed by atoms with Crippen LogP contribution in [-0.4, -0.2) is 34.3 Å². The number of hydrogen-bond donors (Lipinski definition) is 3. The van der Waals surface area contributed by atoms with Gasteiger partial charge in [0.05, 0.1) is 11.1 Å². The zero-order chi connectivity index (χ0) is 20.4. The molecule has 0 aliphatic carbocycles. The maximum atomic E-state index is 12.9. The summed E-state index contributed by atoms with van der Waals surface area (Å²) in [7, 11) is 0. The molecule has 28 heavy (non-hydrogen) atoms. The van der Waals surface area contributed by atoms with Crippen molar-refractivity contribution in [1.29, 1.82) is 0 Å². The number of aromatic carboxylic acids is 2. The highest BCUT2D eigenvalue weighted by atomic mass is 16.4. The number of nitrogens with one attached hydrogen (secondary N) is 1. The van der Waals surface area contributed by atoms with Crippen LogP contribution in [0.5, 0.6) is 0 Å². The molecule has 0 heterocycles. The van der Waals surface area contributed by atoms with E-state index in [4.69, 9.17) is 0 Å². The number of carboxylic acid groups (broad SMARTS) is 2. The number of anilines is 1. The lowest BCUT2D eigenvalue weighted by Gasteiger charge is -2.14. The number of carbonyl (C=O) groups excluding carboxylic acids is 2. The first-order chi connectivity index (χ1) is 13.3. The van der Waals surface area contributed by atoms with Gasteiger partial charge in [0.15, 0.2) is 6.29 Å². The second-order valence-corrected chi connectivity index (χ2v) is 6.16. The molecule has 3 rings (SSSR count). The molecule has 0 fully saturated rings. The van der Waals surface area contributed by atoms with Crippen LogP contribution in [0.3, 0.4) is 0 Å². The quantitative estimate of drug-likeness (QED) is 0.584. The van der Waals surface area contributed by atoms with Crippen molar-refractivity contribution in [2.24, 2.45) is 0 Å². The second kappa shape index (κ2) is 7.32. The standard InChI is InChI=1S/C21H15NO6/c1-11-3-2-4-13(9-11)22-19(24)14-7-8-15(20(25)26)17-12(10-23)5-6-16(18(14)17)21(27)28/h2-10H,1H3,(H,22,24)(H,25,26)(H,27,28). The van der Waals surface area contributed by atoms with Crippen LogP contribution in [0.15, 0.2) is 48.5 Å². The molecule has 7 nitrogen and oxygen atoms in total. The number of rotatable bonds is 5. The molecule has 0 aromatic heterocycles. The van der Waals surface area contributed by atoms with Gasteiger partial charge in [0, 0.05) is 27.6 Å². The summed E-state index contributed by atoms with van der Waals surface area (Å²) in [6.07, 6.45) is 0.433. The summed E-state index contributed by atoms with van der Waals surface area (Å²) in [5.41, 5.74) is 0.845. The molecule has 0 spiro atoms. The van der Waals surface area contributed by atoms with E-state index in [1.807, 2.05) is 13.0 Å². The van der Waals surface area contributed by atoms with E-state index in [2.05, 4.69) is 5.32 Å². The first-order valence-electron chi connectivity index (χ1n) is 8.23. The Morgan fingerprint density at radius 2 is 1.46 bits per heavy atom. The fraction of sp³-hybridized carbons (Fsp3) is 0.0476. The highest BCUT2D eigenvalue weighted by Gasteiger charge is 2.23. The van der Waals surface area contributed by atoms with Crippen molar-refractivity contribution >= 4 is 40.6 Å². The Morgan fingerprint density at radius 3 is 2.07 bits per heavy atom. The molecule has 1 amide bonds. The van der Waals surface area contributed by atoms with Crippen LogP contribution in [-0.2, 0) is 0 Å². The Balaban J connectivity index is 2.29. The van der Waals surface area contributed by atoms with Gasteiger partial charge in [-0.15, -0.1) is 0 Å². The van der Waals surface area contributed by atoms with E-state index in [0.717, 1.165) is 5.56 Å². The van der Waals surface area contributed by atoms with E-state index in [1.165, 1.54) is 24.3 Å². The van der Waals surface area contributed by atoms with Gasteiger partial charge in [0.2, 0.25) is 0 Å². The molecule has 7 heteroatoms. The summed E-state index contributed by atoms with van der Waals surface area (Å²) in [5, 5.41) is 21.5. The van der Waals surface area contributed by atoms with Gasteiger partial charge in [0.1, 0.15) is 0 Å². The summed E-state index contributed by atoms with van der Waals surface area (Å²) < 4.78 is 0. The molecular formula is C21H15NO6. The fourth-order valence-corrected chi connectivity index (χ4v) is 3.09. The van der Waals surface area contributed by atoms with Gasteiger partial charge in [-0.2, -0.15) is 0 Å². The number of aldehydes is 1. The maximum absolute atomic E-state index is 12.9. The third-order valence-electron chi connectivity index (χ3n) is 4.30. The molecule has 3 N–H and O–H groups in total. The van der Waals surface area contributed by atoms with Gasteiger partial charge < -0.3 is 15.5 Å². The fourth-order valence-electron chi connectivity index (χ4n) is 3.09. The van der Waals surface area contributed by atoms with Crippen molar-refractivity contribution < 1.29 is 29.4 Å². The van der Waals surface area contributed by atoms with E-state index in [1.54, 1.807) is 18.2 Å². The van der Waals surface area contributed by atoms with Crippen LogP contribution < -0.4 is 5.32 Å². The van der Waals surface area contributed by atoms with E-state index in [9.17, 15) is 29.4 Å². The highest BCUT2D eigenvalue weighted by Crippen LogP contribution is 2.30. The molecule has 0 aliphatic rings. The summed E-state index contributed by atoms with van der Waals surface area (Å²) >= 11 is 0. The first-order valence-corrected chi connectivity index (χ1v) is 8.23. The average molecular weight is 377 g/mol. The van der Waals surface area contributed by atoms with E-state index < -0.39 is 17.8 Å². The number of amides is 1. The monoisotopic (exact) mass is 377 g/mol. The summed E-state index contributed by atoms with van der Waals surface area (Å²) in [5.74, 6) is -3.28. The smallest absolute Gasteiger partial charge is 0.336 e. The largest absolute Gasteiger partial charge is 0.478 e. The van der Waals surface area contributed by atoms with Gasteiger partial charge in [-0.1, -0.05) is 18.2 Å². The Labute approximate surface area is 159 Å². The van der Waals surface area contributed by atoms with Crippen molar-refractivity contribution in [3.05, 3.63) is 76.3 Å². The van der Waals surface area contributed by atoms with Crippen LogP contribution in [0.2, 0.25) is 0 Å². The lowest BCUT2D eigenvalue weighted by Crippen LogP contribution is -2.15. The van der Waals surface area contributed by atoms with Gasteiger partial charge >= 0.3 is 11.9 Å². The maximum Gasteiger partial charge on any atom is 0.336 e. The van der Waals surface area contributed by atoms with Crippen molar-refractivity contribution in [2.75, 3.05) is 5.32 Å². The molecule has 0 aliphatic heterocycles. The Kier molecular flexibility index (Phi) is 4.91. The van der Waals surface area contributed by atoms with Gasteiger partial charge in [0.25, 0.3) is 5.91 Å². The van der Waals surface area contributed by atoms with Crippen molar-refractivity contribution in [3.63, 3.8) is 0 Å². The molecule has 3 aromatic rings. The van der Waals surface area contributed by atoms with Gasteiger partial charge in [-0.3, -0.25) is 9.59 Å². The van der Waals surface area contributed by atoms with Crippen LogP contribution in [0.25, 0.3) is 10.8 Å². The molecule has 0 radical (unpaired) electrons. The molecule has 0 saturated carbocycles. The predicted octanol–water partition coefficient (Wildman–Crippen LogP) is 3.61. The van der Waals surface area contributed by atoms with Gasteiger partial charge in [-0.25, -0.2) is 9.59 Å². The summed E-state index contributed by atoms with van der Waals surface area (Å²) in [4.78, 5) is 47.6. The summed E-state index contributed by atoms with van der Waals surface area (Å²) in [6.45, 7) is 1.85. The number of aryl methyl sites for hydroxylation is 1. The zero-order valence-corrected chi connectivity index (χ0v) is 14.7. The van der Waals surface area contributed by atoms with Crippen LogP contribution in [0.1, 0.15) is 47.0 Å². The molecule has 0 unspecified atom stereocenters. The summed E-state index contributed by atoms with van der Waals surface area (Å²) in [6, 6.07) is 11.9. The van der Waals surface area contributed by atoms with Crippen molar-refractivity contribution in [1.82, 2.24) is 0 Å². The molecule has 0 bridgehead atoms. The molecular weight excluding hydrogens is 362 g/mol. The van der Waals surface area contributed by atoms with E-state index in [0.29, 0.717) is 12.0 Å². The molecule has 0 atom stereocenters. The van der Waals surface area contributed by atoms with Crippen molar-refractivity contribution in [3.8, 4) is 0 Å². The predicted molar refractivity (Wildman–Crippen MR) is 102 cm³/mol. The highest BCUT2D eigenvalue weighted by molar-refractivity contribution is 6.23. The topological polar surface area (TPSA) is 121 Å². The minimum absolute atomic E-state index is 0.0115. The zero-order valence-electron chi connectivity index (χ0n) is 14.7. The van der Waals surface area contributed by atoms with Crippen LogP contribution >= 0.6 is 0 Å². The number of hydrogen-bond acceptors (Lipinski definition) is 4. The van der Waals surface area contributed by atoms with E-state index in [-0.39, 0.29) is 33.0 Å². The average Bonchev–Trinajstić information content (AvgIpc) is 2.65. The lowest BCUT2D eigenvalue weighted by molar-refractivity contribution is 0.0686. The second-order valence-electron chi connectivity index (χ2n) is 6.16. The third-order valence-corrected chi connectivity index (χ3v) is 4.30. The molecule has 3 aromatic carbocycles. The van der Waals surface area contributed by atoms with Crippen molar-refractivity contribution in [2.45, 2.75) is 6.92 Å². The lowest BCUT2D eigenvalue weighted by atomic mass is 9.91. The normalized spacial score (nSPS) is 10.5. The number of carboxylic acids is 2. The number of fused-ring (bicyclic) bond motifs is 1. The molecule has 0 saturated heterocycles. The van der Waals surface area contributed by atoms with E-state index >= 15 is 0 Å². The Bertz CT molecular complexity index is 1150. The number of carbonyl (C=O) groups is 4. The van der Waals surface area contributed by atoms with Gasteiger partial charge in [-0.05, 0) is 42.8 Å². The minimum Gasteiger partial charge on any atom is -0.478 e. The minimum atomic E-state index is -1.34. The van der Waals surface area contributed by atoms with Crippen LogP contribution in [0.4, 0.5) is 5.69 Å². The number of benzene rings is 3. The first kappa shape index (κ1) is 18.8. The third kappa shape index (κ3) is 3.33. The molecule has 140 valence electrons. The van der Waals surface area contributed by atoms with Crippen LogP contribution in [0, 0.1) is 6.92 Å².